The zero-order valence-electron chi connectivity index (χ0n) is 13.7. The SMILES string of the molecule is CC(=O)Nc1ccc(NC(=O)C(=O)NCc2cc(C)oc2C)cc1. The van der Waals surface area contributed by atoms with E-state index in [0.717, 1.165) is 11.3 Å². The highest BCUT2D eigenvalue weighted by Crippen LogP contribution is 2.14. The van der Waals surface area contributed by atoms with Crippen molar-refractivity contribution in [3.63, 3.8) is 0 Å². The number of anilines is 2. The molecule has 0 spiro atoms. The smallest absolute Gasteiger partial charge is 0.313 e. The van der Waals surface area contributed by atoms with E-state index in [1.54, 1.807) is 31.2 Å². The first-order chi connectivity index (χ1) is 11.3. The fourth-order valence-electron chi connectivity index (χ4n) is 2.14. The van der Waals surface area contributed by atoms with Crippen molar-refractivity contribution in [3.8, 4) is 0 Å². The number of nitrogens with one attached hydrogen (secondary N) is 3. The number of amides is 3. The van der Waals surface area contributed by atoms with Crippen LogP contribution in [0.3, 0.4) is 0 Å². The lowest BCUT2D eigenvalue weighted by Gasteiger charge is -2.07. The maximum atomic E-state index is 11.9. The van der Waals surface area contributed by atoms with Gasteiger partial charge in [-0.25, -0.2) is 0 Å². The summed E-state index contributed by atoms with van der Waals surface area (Å²) in [5, 5.41) is 7.65. The molecule has 1 aromatic heterocycles. The minimum absolute atomic E-state index is 0.184. The third-order valence-corrected chi connectivity index (χ3v) is 3.25. The maximum absolute atomic E-state index is 11.9. The Labute approximate surface area is 139 Å². The molecule has 0 unspecified atom stereocenters. The van der Waals surface area contributed by atoms with Gasteiger partial charge in [-0.05, 0) is 44.2 Å². The quantitative estimate of drug-likeness (QED) is 0.748. The van der Waals surface area contributed by atoms with Gasteiger partial charge in [-0.15, -0.1) is 0 Å². The molecular weight excluding hydrogens is 310 g/mol. The Morgan fingerprint density at radius 3 is 2.04 bits per heavy atom. The summed E-state index contributed by atoms with van der Waals surface area (Å²) in [7, 11) is 0. The van der Waals surface area contributed by atoms with Gasteiger partial charge in [-0.2, -0.15) is 0 Å². The van der Waals surface area contributed by atoms with Crippen LogP contribution in [0.4, 0.5) is 11.4 Å². The number of hydrogen-bond donors (Lipinski definition) is 3. The Kier molecular flexibility index (Phi) is 5.36. The monoisotopic (exact) mass is 329 g/mol. The van der Waals surface area contributed by atoms with E-state index in [1.807, 2.05) is 13.0 Å². The Hall–Kier alpha value is -3.09. The van der Waals surface area contributed by atoms with Crippen LogP contribution in [0.2, 0.25) is 0 Å². The second kappa shape index (κ2) is 7.45. The average Bonchev–Trinajstić information content (AvgIpc) is 2.84. The van der Waals surface area contributed by atoms with Gasteiger partial charge in [-0.1, -0.05) is 0 Å². The van der Waals surface area contributed by atoms with Crippen LogP contribution < -0.4 is 16.0 Å². The number of carbonyl (C=O) groups is 3. The summed E-state index contributed by atoms with van der Waals surface area (Å²) in [5.41, 5.74) is 1.89. The van der Waals surface area contributed by atoms with Crippen LogP contribution in [0.15, 0.2) is 34.7 Å². The fourth-order valence-corrected chi connectivity index (χ4v) is 2.14. The second-order valence-corrected chi connectivity index (χ2v) is 5.33. The molecule has 0 radical (unpaired) electrons. The maximum Gasteiger partial charge on any atom is 0.313 e. The summed E-state index contributed by atoms with van der Waals surface area (Å²) in [4.78, 5) is 34.6. The molecule has 2 aromatic rings. The molecule has 2 rings (SSSR count). The van der Waals surface area contributed by atoms with Crippen molar-refractivity contribution in [2.75, 3.05) is 10.6 Å². The van der Waals surface area contributed by atoms with Crippen molar-refractivity contribution in [1.82, 2.24) is 5.32 Å². The summed E-state index contributed by atoms with van der Waals surface area (Å²) >= 11 is 0. The number of rotatable bonds is 4. The van der Waals surface area contributed by atoms with Gasteiger partial charge in [0.2, 0.25) is 5.91 Å². The molecule has 0 fully saturated rings. The Balaban J connectivity index is 1.88. The molecule has 3 amide bonds. The molecule has 0 aliphatic heterocycles. The first kappa shape index (κ1) is 17.3. The lowest BCUT2D eigenvalue weighted by molar-refractivity contribution is -0.136. The van der Waals surface area contributed by atoms with Crippen LogP contribution >= 0.6 is 0 Å². The first-order valence-electron chi connectivity index (χ1n) is 7.38. The van der Waals surface area contributed by atoms with Gasteiger partial charge in [0.1, 0.15) is 11.5 Å². The summed E-state index contributed by atoms with van der Waals surface area (Å²) in [6.07, 6.45) is 0. The molecule has 1 aromatic carbocycles. The highest BCUT2D eigenvalue weighted by Gasteiger charge is 2.14. The summed E-state index contributed by atoms with van der Waals surface area (Å²) in [6, 6.07) is 8.27. The van der Waals surface area contributed by atoms with Gasteiger partial charge >= 0.3 is 11.8 Å². The number of aryl methyl sites for hydroxylation is 2. The lowest BCUT2D eigenvalue weighted by Crippen LogP contribution is -2.35. The number of benzene rings is 1. The van der Waals surface area contributed by atoms with Gasteiger partial charge < -0.3 is 20.4 Å². The zero-order valence-corrected chi connectivity index (χ0v) is 13.7. The largest absolute Gasteiger partial charge is 0.466 e. The van der Waals surface area contributed by atoms with Crippen LogP contribution in [-0.4, -0.2) is 17.7 Å². The van der Waals surface area contributed by atoms with Crippen LogP contribution in [0.1, 0.15) is 24.0 Å². The Morgan fingerprint density at radius 2 is 1.54 bits per heavy atom. The number of furan rings is 1. The molecule has 0 saturated carbocycles. The molecule has 24 heavy (non-hydrogen) atoms. The number of carbonyl (C=O) groups excluding carboxylic acids is 3. The molecular formula is C17H19N3O4. The van der Waals surface area contributed by atoms with E-state index in [-0.39, 0.29) is 12.5 Å². The molecule has 0 aliphatic rings. The van der Waals surface area contributed by atoms with Crippen molar-refractivity contribution < 1.29 is 18.8 Å². The minimum atomic E-state index is -0.764. The molecule has 0 atom stereocenters. The van der Waals surface area contributed by atoms with Crippen molar-refractivity contribution in [3.05, 3.63) is 47.4 Å². The third-order valence-electron chi connectivity index (χ3n) is 3.25. The molecule has 3 N–H and O–H groups in total. The van der Waals surface area contributed by atoms with Gasteiger partial charge in [0.25, 0.3) is 0 Å². The van der Waals surface area contributed by atoms with Crippen molar-refractivity contribution in [1.29, 1.82) is 0 Å². The molecule has 0 saturated heterocycles. The molecule has 7 heteroatoms. The third kappa shape index (κ3) is 4.70. The second-order valence-electron chi connectivity index (χ2n) is 5.33. The van der Waals surface area contributed by atoms with E-state index in [9.17, 15) is 14.4 Å². The average molecular weight is 329 g/mol. The van der Waals surface area contributed by atoms with Crippen LogP contribution in [0, 0.1) is 13.8 Å². The molecule has 1 heterocycles. The van der Waals surface area contributed by atoms with Crippen LogP contribution in [-0.2, 0) is 20.9 Å². The van der Waals surface area contributed by atoms with E-state index in [2.05, 4.69) is 16.0 Å². The van der Waals surface area contributed by atoms with E-state index in [4.69, 9.17) is 4.42 Å². The van der Waals surface area contributed by atoms with E-state index < -0.39 is 11.8 Å². The van der Waals surface area contributed by atoms with Gasteiger partial charge in [0, 0.05) is 30.4 Å². The first-order valence-corrected chi connectivity index (χ1v) is 7.38. The Bertz CT molecular complexity index is 763. The van der Waals surface area contributed by atoms with Gasteiger partial charge in [0.15, 0.2) is 0 Å². The Morgan fingerprint density at radius 1 is 0.958 bits per heavy atom. The standard InChI is InChI=1S/C17H19N3O4/c1-10-8-13(11(2)24-10)9-18-16(22)17(23)20-15-6-4-14(5-7-15)19-12(3)21/h4-8H,9H2,1-3H3,(H,18,22)(H,19,21)(H,20,23). The van der Waals surface area contributed by atoms with Crippen LogP contribution in [0.5, 0.6) is 0 Å². The number of hydrogen-bond acceptors (Lipinski definition) is 4. The van der Waals surface area contributed by atoms with Crippen molar-refractivity contribution in [2.45, 2.75) is 27.3 Å². The predicted molar refractivity (Wildman–Crippen MR) is 89.4 cm³/mol. The highest BCUT2D eigenvalue weighted by molar-refractivity contribution is 6.39. The van der Waals surface area contributed by atoms with Crippen molar-refractivity contribution in [2.24, 2.45) is 0 Å². The zero-order chi connectivity index (χ0) is 17.7. The summed E-state index contributed by atoms with van der Waals surface area (Å²) in [5.74, 6) is -0.225. The minimum Gasteiger partial charge on any atom is -0.466 e. The van der Waals surface area contributed by atoms with E-state index in [0.29, 0.717) is 17.1 Å². The van der Waals surface area contributed by atoms with Crippen LogP contribution in [0.25, 0.3) is 0 Å². The van der Waals surface area contributed by atoms with E-state index in [1.165, 1.54) is 6.92 Å². The predicted octanol–water partition coefficient (Wildman–Crippen LogP) is 2.11. The molecule has 126 valence electrons. The summed E-state index contributed by atoms with van der Waals surface area (Å²) in [6.45, 7) is 5.24. The normalized spacial score (nSPS) is 10.1. The molecule has 0 aliphatic carbocycles. The molecule has 7 nitrogen and oxygen atoms in total. The van der Waals surface area contributed by atoms with Gasteiger partial charge in [0.05, 0.1) is 0 Å². The van der Waals surface area contributed by atoms with Gasteiger partial charge in [-0.3, -0.25) is 14.4 Å². The molecule has 0 bridgehead atoms. The highest BCUT2D eigenvalue weighted by atomic mass is 16.3. The summed E-state index contributed by atoms with van der Waals surface area (Å²) < 4.78 is 5.36. The topological polar surface area (TPSA) is 100 Å². The van der Waals surface area contributed by atoms with E-state index >= 15 is 0 Å². The lowest BCUT2D eigenvalue weighted by atomic mass is 10.2. The fraction of sp³-hybridized carbons (Fsp3) is 0.235. The van der Waals surface area contributed by atoms with Crippen molar-refractivity contribution >= 4 is 29.1 Å².